The molecule has 0 aliphatic carbocycles. The molecule has 4 rings (SSSR count). The first-order valence-electron chi connectivity index (χ1n) is 8.71. The van der Waals surface area contributed by atoms with Gasteiger partial charge in [0.25, 0.3) is 5.91 Å². The third-order valence-corrected chi connectivity index (χ3v) is 5.99. The highest BCUT2D eigenvalue weighted by molar-refractivity contribution is 7.11. The van der Waals surface area contributed by atoms with E-state index in [0.717, 1.165) is 55.3 Å². The van der Waals surface area contributed by atoms with Crippen LogP contribution >= 0.6 is 11.3 Å². The normalized spacial score (nSPS) is 23.9. The Balaban J connectivity index is 1.51. The minimum absolute atomic E-state index is 0.103. The zero-order valence-electron chi connectivity index (χ0n) is 14.3. The number of aromatic nitrogens is 2. The average molecular weight is 358 g/mol. The first kappa shape index (κ1) is 16.5. The van der Waals surface area contributed by atoms with Crippen LogP contribution in [-0.4, -0.2) is 59.2 Å². The van der Waals surface area contributed by atoms with Crippen LogP contribution in [0.1, 0.15) is 28.2 Å². The Morgan fingerprint density at radius 1 is 1.32 bits per heavy atom. The van der Waals surface area contributed by atoms with Gasteiger partial charge >= 0.3 is 0 Å². The second-order valence-electron chi connectivity index (χ2n) is 6.52. The third-order valence-electron chi connectivity index (χ3n) is 5.08. The molecule has 2 fully saturated rings. The van der Waals surface area contributed by atoms with E-state index in [9.17, 15) is 4.79 Å². The highest BCUT2D eigenvalue weighted by atomic mass is 32.1. The van der Waals surface area contributed by atoms with Crippen LogP contribution in [0.2, 0.25) is 0 Å². The van der Waals surface area contributed by atoms with Gasteiger partial charge in [0.15, 0.2) is 0 Å². The smallest absolute Gasteiger partial charge is 0.265 e. The van der Waals surface area contributed by atoms with E-state index in [1.54, 1.807) is 11.7 Å². The number of morpholine rings is 1. The summed E-state index contributed by atoms with van der Waals surface area (Å²) < 4.78 is 6.05. The van der Waals surface area contributed by atoms with E-state index >= 15 is 0 Å². The van der Waals surface area contributed by atoms with Gasteiger partial charge in [-0.2, -0.15) is 0 Å². The quantitative estimate of drug-likeness (QED) is 0.825. The Labute approximate surface area is 151 Å². The van der Waals surface area contributed by atoms with Gasteiger partial charge in [0.1, 0.15) is 4.88 Å². The van der Waals surface area contributed by atoms with Crippen molar-refractivity contribution in [3.63, 3.8) is 0 Å². The van der Waals surface area contributed by atoms with Crippen molar-refractivity contribution in [1.29, 1.82) is 0 Å². The predicted molar refractivity (Wildman–Crippen MR) is 97.1 cm³/mol. The van der Waals surface area contributed by atoms with Gasteiger partial charge in [0.2, 0.25) is 0 Å². The number of fused-ring (bicyclic) bond motifs is 1. The highest BCUT2D eigenvalue weighted by Gasteiger charge is 2.36. The van der Waals surface area contributed by atoms with E-state index in [1.165, 1.54) is 11.3 Å². The van der Waals surface area contributed by atoms with Crippen LogP contribution in [0, 0.1) is 6.92 Å². The van der Waals surface area contributed by atoms with Crippen LogP contribution in [-0.2, 0) is 4.74 Å². The van der Waals surface area contributed by atoms with Gasteiger partial charge in [-0.1, -0.05) is 0 Å². The molecule has 2 aliphatic heterocycles. The third kappa shape index (κ3) is 3.26. The summed E-state index contributed by atoms with van der Waals surface area (Å²) in [5.41, 5.74) is 3.71. The minimum atomic E-state index is 0.103. The largest absolute Gasteiger partial charge is 0.374 e. The number of carbonyl (C=O) groups is 1. The van der Waals surface area contributed by atoms with E-state index in [1.807, 2.05) is 24.1 Å². The first-order valence-corrected chi connectivity index (χ1v) is 9.59. The Kier molecular flexibility index (Phi) is 4.67. The summed E-state index contributed by atoms with van der Waals surface area (Å²) in [6, 6.07) is 4.36. The molecule has 2 atom stereocenters. The summed E-state index contributed by atoms with van der Waals surface area (Å²) in [5.74, 6) is 0.103. The SMILES string of the molecule is Cc1ncsc1C(=O)N1CC[C@@H]2[C@@H](CC1)OCCN2c1cccnc1. The Hall–Kier alpha value is -1.99. The number of rotatable bonds is 2. The second kappa shape index (κ2) is 7.09. The maximum absolute atomic E-state index is 12.8. The monoisotopic (exact) mass is 358 g/mol. The molecular weight excluding hydrogens is 336 g/mol. The van der Waals surface area contributed by atoms with Crippen LogP contribution in [0.3, 0.4) is 0 Å². The minimum Gasteiger partial charge on any atom is -0.374 e. The lowest BCUT2D eigenvalue weighted by atomic mass is 10.0. The molecule has 0 spiro atoms. The van der Waals surface area contributed by atoms with Crippen molar-refractivity contribution in [2.75, 3.05) is 31.1 Å². The molecule has 2 saturated heterocycles. The molecule has 25 heavy (non-hydrogen) atoms. The van der Waals surface area contributed by atoms with Crippen LogP contribution in [0.25, 0.3) is 0 Å². The molecule has 2 aromatic heterocycles. The molecule has 2 aromatic rings. The van der Waals surface area contributed by atoms with Crippen LogP contribution in [0.15, 0.2) is 30.0 Å². The molecule has 6 nitrogen and oxygen atoms in total. The van der Waals surface area contributed by atoms with Crippen LogP contribution < -0.4 is 4.90 Å². The fraction of sp³-hybridized carbons (Fsp3) is 0.500. The first-order chi connectivity index (χ1) is 12.2. The predicted octanol–water partition coefficient (Wildman–Crippen LogP) is 2.36. The van der Waals surface area contributed by atoms with E-state index < -0.39 is 0 Å². The lowest BCUT2D eigenvalue weighted by molar-refractivity contribution is 0.00908. The molecular formula is C18H22N4O2S. The summed E-state index contributed by atoms with van der Waals surface area (Å²) in [4.78, 5) is 26.4. The van der Waals surface area contributed by atoms with E-state index in [2.05, 4.69) is 20.9 Å². The van der Waals surface area contributed by atoms with Crippen molar-refractivity contribution in [2.45, 2.75) is 31.9 Å². The molecule has 0 saturated carbocycles. The zero-order valence-corrected chi connectivity index (χ0v) is 15.1. The summed E-state index contributed by atoms with van der Waals surface area (Å²) in [6.45, 7) is 4.97. The summed E-state index contributed by atoms with van der Waals surface area (Å²) in [6.07, 6.45) is 5.64. The van der Waals surface area contributed by atoms with Crippen LogP contribution in [0.5, 0.6) is 0 Å². The number of thiazole rings is 1. The van der Waals surface area contributed by atoms with Gasteiger partial charge < -0.3 is 14.5 Å². The zero-order chi connectivity index (χ0) is 17.2. The maximum atomic E-state index is 12.8. The number of pyridine rings is 1. The number of amides is 1. The van der Waals surface area contributed by atoms with Crippen molar-refractivity contribution >= 4 is 22.9 Å². The molecule has 132 valence electrons. The summed E-state index contributed by atoms with van der Waals surface area (Å²) in [5, 5.41) is 0. The summed E-state index contributed by atoms with van der Waals surface area (Å²) in [7, 11) is 0. The number of ether oxygens (including phenoxy) is 1. The number of aryl methyl sites for hydroxylation is 1. The Morgan fingerprint density at radius 3 is 2.96 bits per heavy atom. The number of likely N-dealkylation sites (tertiary alicyclic amines) is 1. The molecule has 0 radical (unpaired) electrons. The van der Waals surface area contributed by atoms with Gasteiger partial charge in [-0.3, -0.25) is 9.78 Å². The van der Waals surface area contributed by atoms with Gasteiger partial charge in [-0.15, -0.1) is 11.3 Å². The van der Waals surface area contributed by atoms with E-state index in [0.29, 0.717) is 6.04 Å². The molecule has 0 bridgehead atoms. The van der Waals surface area contributed by atoms with E-state index in [-0.39, 0.29) is 12.0 Å². The topological polar surface area (TPSA) is 58.6 Å². The van der Waals surface area contributed by atoms with Gasteiger partial charge in [0.05, 0.1) is 41.8 Å². The number of hydrogen-bond donors (Lipinski definition) is 0. The number of hydrogen-bond acceptors (Lipinski definition) is 6. The molecule has 7 heteroatoms. The number of nitrogens with zero attached hydrogens (tertiary/aromatic N) is 4. The van der Waals surface area contributed by atoms with Crippen molar-refractivity contribution in [1.82, 2.24) is 14.9 Å². The molecule has 0 unspecified atom stereocenters. The van der Waals surface area contributed by atoms with Gasteiger partial charge in [-0.25, -0.2) is 4.98 Å². The standard InChI is InChI=1S/C18H22N4O2S/c1-13-17(25-12-20-13)18(23)21-7-4-15-16(5-8-21)24-10-9-22(15)14-3-2-6-19-11-14/h2-3,6,11-12,15-16H,4-5,7-10H2,1H3/t15-,16-/m1/s1. The van der Waals surface area contributed by atoms with Crippen molar-refractivity contribution in [3.8, 4) is 0 Å². The lowest BCUT2D eigenvalue weighted by Gasteiger charge is -2.41. The molecule has 0 aromatic carbocycles. The molecule has 4 heterocycles. The Bertz CT molecular complexity index is 736. The number of anilines is 1. The van der Waals surface area contributed by atoms with Crippen molar-refractivity contribution in [2.24, 2.45) is 0 Å². The van der Waals surface area contributed by atoms with Crippen molar-refractivity contribution < 1.29 is 9.53 Å². The van der Waals surface area contributed by atoms with Gasteiger partial charge in [-0.05, 0) is 31.9 Å². The fourth-order valence-electron chi connectivity index (χ4n) is 3.78. The Morgan fingerprint density at radius 2 is 2.20 bits per heavy atom. The lowest BCUT2D eigenvalue weighted by Crippen LogP contribution is -2.51. The molecule has 2 aliphatic rings. The van der Waals surface area contributed by atoms with Crippen LogP contribution in [0.4, 0.5) is 5.69 Å². The second-order valence-corrected chi connectivity index (χ2v) is 7.37. The molecule has 0 N–H and O–H groups in total. The average Bonchev–Trinajstić information content (AvgIpc) is 2.96. The van der Waals surface area contributed by atoms with E-state index in [4.69, 9.17) is 4.74 Å². The maximum Gasteiger partial charge on any atom is 0.265 e. The summed E-state index contributed by atoms with van der Waals surface area (Å²) >= 11 is 1.43. The molecule has 1 amide bonds. The number of carbonyl (C=O) groups excluding carboxylic acids is 1. The highest BCUT2D eigenvalue weighted by Crippen LogP contribution is 2.29. The van der Waals surface area contributed by atoms with Crippen molar-refractivity contribution in [3.05, 3.63) is 40.6 Å². The van der Waals surface area contributed by atoms with Gasteiger partial charge in [0, 0.05) is 25.8 Å². The fourth-order valence-corrected chi connectivity index (χ4v) is 4.55.